The number of aliphatic carboxylic acids is 3. The van der Waals surface area contributed by atoms with Gasteiger partial charge < -0.3 is 44.5 Å². The maximum Gasteiger partial charge on any atom is 0.320 e. The molecule has 1 atom stereocenters. The van der Waals surface area contributed by atoms with Gasteiger partial charge in [0.2, 0.25) is 11.3 Å². The fraction of sp³-hybridized carbons (Fsp3) is 0.452. The number of ether oxygens (including phenoxy) is 1. The third-order valence-corrected chi connectivity index (χ3v) is 9.95. The molecule has 57 heavy (non-hydrogen) atoms. The topological polar surface area (TPSA) is 179 Å². The Morgan fingerprint density at radius 3 is 2.12 bits per heavy atom. The van der Waals surface area contributed by atoms with E-state index in [9.17, 15) is 24.3 Å². The first-order valence-corrected chi connectivity index (χ1v) is 19.1. The van der Waals surface area contributed by atoms with Crippen LogP contribution in [0.25, 0.3) is 33.4 Å². The highest BCUT2D eigenvalue weighted by atomic mass is 16.5. The predicted octanol–water partition coefficient (Wildman–Crippen LogP) is 4.19. The Bertz CT molecular complexity index is 2090. The van der Waals surface area contributed by atoms with E-state index in [1.165, 1.54) is 0 Å². The summed E-state index contributed by atoms with van der Waals surface area (Å²) in [6.45, 7) is 2.28. The van der Waals surface area contributed by atoms with E-state index in [0.29, 0.717) is 44.6 Å². The molecule has 4 rings (SSSR count). The number of hydrogen-bond acceptors (Lipinski definition) is 10. The molecule has 0 spiro atoms. The van der Waals surface area contributed by atoms with Crippen molar-refractivity contribution in [2.45, 2.75) is 45.1 Å². The fourth-order valence-electron chi connectivity index (χ4n) is 6.99. The molecule has 1 amide bonds. The third kappa shape index (κ3) is 11.2. The van der Waals surface area contributed by atoms with Crippen LogP contribution in [-0.4, -0.2) is 132 Å². The normalized spacial score (nSPS) is 11.7. The number of unbranched alkanes of at least 4 members (excludes halogenated alkanes) is 1. The lowest BCUT2D eigenvalue weighted by molar-refractivity contribution is -0.149. The summed E-state index contributed by atoms with van der Waals surface area (Å²) in [5.74, 6) is -2.59. The van der Waals surface area contributed by atoms with Crippen LogP contribution in [0.15, 0.2) is 52.9 Å². The monoisotopic (exact) mass is 789 g/mol. The van der Waals surface area contributed by atoms with Crippen molar-refractivity contribution in [2.24, 2.45) is 0 Å². The average molecular weight is 790 g/mol. The van der Waals surface area contributed by atoms with E-state index in [2.05, 4.69) is 70.6 Å². The molecule has 0 bridgehead atoms. The van der Waals surface area contributed by atoms with E-state index in [-0.39, 0.29) is 18.7 Å². The van der Waals surface area contributed by atoms with Crippen molar-refractivity contribution < 1.29 is 43.7 Å². The molecule has 2 aromatic carbocycles. The van der Waals surface area contributed by atoms with Gasteiger partial charge in [0.25, 0.3) is 0 Å². The number of fused-ring (bicyclic) bond motifs is 2. The summed E-state index contributed by atoms with van der Waals surface area (Å²) in [6.07, 6.45) is 1.72. The molecule has 4 N–H and O–H groups in total. The Balaban J connectivity index is 1.52. The first-order chi connectivity index (χ1) is 27.1. The molecule has 15 heteroatoms. The van der Waals surface area contributed by atoms with Crippen molar-refractivity contribution in [3.05, 3.63) is 53.9 Å². The van der Waals surface area contributed by atoms with Gasteiger partial charge in [-0.3, -0.25) is 24.1 Å². The lowest BCUT2D eigenvalue weighted by Crippen LogP contribution is -2.46. The summed E-state index contributed by atoms with van der Waals surface area (Å²) in [7, 11) is 13.7. The Labute approximate surface area is 333 Å². The molecule has 308 valence electrons. The van der Waals surface area contributed by atoms with Gasteiger partial charge in [-0.2, -0.15) is 0 Å². The number of carboxylic acid groups (broad SMARTS) is 3. The zero-order valence-corrected chi connectivity index (χ0v) is 34.3. The van der Waals surface area contributed by atoms with Crippen LogP contribution in [0.5, 0.6) is 5.75 Å². The van der Waals surface area contributed by atoms with Crippen LogP contribution >= 0.6 is 0 Å². The third-order valence-electron chi connectivity index (χ3n) is 9.95. The summed E-state index contributed by atoms with van der Waals surface area (Å²) < 4.78 is 14.7. The Hall–Kier alpha value is -5.83. The largest absolute Gasteiger partial charge is 0.496 e. The van der Waals surface area contributed by atoms with Crippen LogP contribution in [0.3, 0.4) is 0 Å². The number of nitrogens with one attached hydrogen (secondary N) is 1. The molecule has 0 radical (unpaired) electrons. The number of anilines is 3. The smallest absolute Gasteiger partial charge is 0.320 e. The lowest BCUT2D eigenvalue weighted by atomic mass is 9.92. The minimum atomic E-state index is -1.31. The zero-order valence-electron chi connectivity index (χ0n) is 34.3. The van der Waals surface area contributed by atoms with Gasteiger partial charge in [0.15, 0.2) is 0 Å². The SMILES string of the molecule is CCN(CCCC(=O)NCCCCC(C(=O)O)N(CC(=O)O)CC(=O)O)c1cc(OC)c(-c2c3ccc(=[N+](C)C)cc-3oc3cc(N(C)C)ccc23)cc1N(C)C. The number of nitrogens with zero attached hydrogens (tertiary/aromatic N) is 5. The molecule has 0 fully saturated rings. The summed E-state index contributed by atoms with van der Waals surface area (Å²) >= 11 is 0. The molecule has 2 aliphatic rings. The highest BCUT2D eigenvalue weighted by Gasteiger charge is 2.29. The number of methoxy groups -OCH3 is 1. The fourth-order valence-corrected chi connectivity index (χ4v) is 6.99. The van der Waals surface area contributed by atoms with Crippen molar-refractivity contribution in [3.63, 3.8) is 0 Å². The van der Waals surface area contributed by atoms with Gasteiger partial charge in [-0.1, -0.05) is 0 Å². The molecular formula is C42H57N6O9+. The Morgan fingerprint density at radius 2 is 1.54 bits per heavy atom. The van der Waals surface area contributed by atoms with Crippen LogP contribution in [0.4, 0.5) is 17.1 Å². The van der Waals surface area contributed by atoms with E-state index in [0.717, 1.165) is 60.7 Å². The summed E-state index contributed by atoms with van der Waals surface area (Å²) in [4.78, 5) is 54.2. The predicted molar refractivity (Wildman–Crippen MR) is 223 cm³/mol. The summed E-state index contributed by atoms with van der Waals surface area (Å²) in [5, 5.41) is 32.7. The van der Waals surface area contributed by atoms with Crippen molar-refractivity contribution in [1.82, 2.24) is 14.8 Å². The number of benzene rings is 3. The number of carboxylic acids is 3. The molecule has 0 saturated heterocycles. The van der Waals surface area contributed by atoms with Crippen molar-refractivity contribution in [1.29, 1.82) is 0 Å². The number of carbonyl (C=O) groups is 4. The average Bonchev–Trinajstić information content (AvgIpc) is 3.15. The molecule has 15 nitrogen and oxygen atoms in total. The lowest BCUT2D eigenvalue weighted by Gasteiger charge is -2.30. The van der Waals surface area contributed by atoms with Crippen LogP contribution in [-0.2, 0) is 19.2 Å². The first-order valence-electron chi connectivity index (χ1n) is 19.1. The van der Waals surface area contributed by atoms with Gasteiger partial charge in [0.1, 0.15) is 37.2 Å². The van der Waals surface area contributed by atoms with Gasteiger partial charge in [-0.05, 0) is 56.9 Å². The maximum atomic E-state index is 12.8. The minimum Gasteiger partial charge on any atom is -0.496 e. The van der Waals surface area contributed by atoms with E-state index >= 15 is 0 Å². The van der Waals surface area contributed by atoms with Crippen LogP contribution in [0.1, 0.15) is 39.0 Å². The van der Waals surface area contributed by atoms with E-state index < -0.39 is 37.0 Å². The van der Waals surface area contributed by atoms with Crippen LogP contribution < -0.4 is 34.7 Å². The number of amides is 1. The van der Waals surface area contributed by atoms with E-state index in [1.54, 1.807) is 7.11 Å². The van der Waals surface area contributed by atoms with Gasteiger partial charge in [0.05, 0.1) is 37.6 Å². The first kappa shape index (κ1) is 43.9. The Kier molecular flexibility index (Phi) is 15.3. The van der Waals surface area contributed by atoms with Gasteiger partial charge in [0, 0.05) is 100 Å². The zero-order chi connectivity index (χ0) is 42.0. The number of hydrogen-bond donors (Lipinski definition) is 4. The van der Waals surface area contributed by atoms with E-state index in [4.69, 9.17) is 19.4 Å². The highest BCUT2D eigenvalue weighted by molar-refractivity contribution is 6.05. The second-order valence-corrected chi connectivity index (χ2v) is 14.6. The molecule has 0 aromatic heterocycles. The van der Waals surface area contributed by atoms with Gasteiger partial charge in [-0.15, -0.1) is 0 Å². The maximum absolute atomic E-state index is 12.8. The molecular weight excluding hydrogens is 732 g/mol. The highest BCUT2D eigenvalue weighted by Crippen LogP contribution is 2.47. The van der Waals surface area contributed by atoms with Crippen molar-refractivity contribution >= 4 is 51.8 Å². The van der Waals surface area contributed by atoms with E-state index in [1.807, 2.05) is 51.8 Å². The van der Waals surface area contributed by atoms with Crippen molar-refractivity contribution in [2.75, 3.05) is 96.8 Å². The standard InChI is InChI=1S/C42H56N6O9/c1-9-47(20-12-14-38(49)43-19-11-10-13-32(42(54)55)48(25-39(50)51)26-40(52)53)34-24-35(56-8)31(23-33(34)46(6)7)41-29-17-15-27(44(2)3)21-36(29)57-37-22-28(45(4)5)16-18-30(37)41/h15-18,21-24,32H,9-14,19-20,25-26H2,1-8H3,(H3-,43,49,50,51,52,53,54,55)/p+1. The molecule has 1 unspecified atom stereocenters. The summed E-state index contributed by atoms with van der Waals surface area (Å²) in [6, 6.07) is 15.4. The van der Waals surface area contributed by atoms with Crippen molar-refractivity contribution in [3.8, 4) is 28.2 Å². The number of rotatable bonds is 21. The molecule has 0 saturated carbocycles. The quantitative estimate of drug-likeness (QED) is 0.0537. The minimum absolute atomic E-state index is 0.0501. The van der Waals surface area contributed by atoms with Gasteiger partial charge in [-0.25, -0.2) is 4.58 Å². The molecule has 1 aliphatic carbocycles. The second-order valence-electron chi connectivity index (χ2n) is 14.6. The molecule has 2 aromatic rings. The van der Waals surface area contributed by atoms with Crippen LogP contribution in [0, 0.1) is 0 Å². The van der Waals surface area contributed by atoms with Crippen LogP contribution in [0.2, 0.25) is 0 Å². The summed E-state index contributed by atoms with van der Waals surface area (Å²) in [5.41, 5.74) is 6.62. The van der Waals surface area contributed by atoms with Gasteiger partial charge >= 0.3 is 17.9 Å². The number of carbonyl (C=O) groups excluding carboxylic acids is 1. The molecule has 1 aliphatic heterocycles. The second kappa shape index (κ2) is 19.9. The Morgan fingerprint density at radius 1 is 0.842 bits per heavy atom. The molecule has 1 heterocycles.